The van der Waals surface area contributed by atoms with Gasteiger partial charge in [0.2, 0.25) is 0 Å². The van der Waals surface area contributed by atoms with Gasteiger partial charge in [-0.2, -0.15) is 0 Å². The summed E-state index contributed by atoms with van der Waals surface area (Å²) in [5.74, 6) is 1.87. The lowest BCUT2D eigenvalue weighted by Gasteiger charge is -2.27. The third kappa shape index (κ3) is 4.98. The van der Waals surface area contributed by atoms with Crippen molar-refractivity contribution in [2.45, 2.75) is 31.2 Å². The Balaban J connectivity index is 1.18. The number of nitrogens with one attached hydrogen (secondary N) is 2. The second-order valence-electron chi connectivity index (χ2n) is 7.22. The van der Waals surface area contributed by atoms with Gasteiger partial charge in [0, 0.05) is 17.9 Å². The average Bonchev–Trinajstić information content (AvgIpc) is 3.41. The molecular weight excluding hydrogens is 342 g/mol. The van der Waals surface area contributed by atoms with Gasteiger partial charge in [-0.05, 0) is 61.4 Å². The molecule has 2 aliphatic rings. The fourth-order valence-electron chi connectivity index (χ4n) is 3.36. The molecule has 142 valence electrons. The monoisotopic (exact) mass is 367 g/mol. The zero-order valence-electron chi connectivity index (χ0n) is 15.3. The Labute approximate surface area is 159 Å². The van der Waals surface area contributed by atoms with Crippen molar-refractivity contribution in [1.29, 1.82) is 0 Å². The van der Waals surface area contributed by atoms with E-state index in [4.69, 9.17) is 9.47 Å². The minimum atomic E-state index is -0.403. The molecule has 1 aliphatic heterocycles. The van der Waals surface area contributed by atoms with Crippen molar-refractivity contribution >= 4 is 11.8 Å². The highest BCUT2D eigenvalue weighted by Gasteiger charge is 2.38. The van der Waals surface area contributed by atoms with E-state index in [9.17, 15) is 4.79 Å². The first-order chi connectivity index (χ1) is 13.3. The van der Waals surface area contributed by atoms with Gasteiger partial charge in [0.25, 0.3) is 0 Å². The van der Waals surface area contributed by atoms with Crippen molar-refractivity contribution < 1.29 is 14.3 Å². The van der Waals surface area contributed by atoms with Gasteiger partial charge in [-0.15, -0.1) is 0 Å². The number of aromatic nitrogens is 1. The molecule has 3 atom stereocenters. The normalized spacial score (nSPS) is 23.2. The first kappa shape index (κ1) is 17.8. The molecule has 1 amide bonds. The summed E-state index contributed by atoms with van der Waals surface area (Å²) in [6.07, 6.45) is 6.44. The number of hydrogen-bond acceptors (Lipinski definition) is 5. The van der Waals surface area contributed by atoms with Gasteiger partial charge < -0.3 is 14.8 Å². The molecule has 27 heavy (non-hydrogen) atoms. The van der Waals surface area contributed by atoms with Crippen LogP contribution in [0.3, 0.4) is 0 Å². The minimum Gasteiger partial charge on any atom is -0.490 e. The van der Waals surface area contributed by atoms with Gasteiger partial charge in [0.15, 0.2) is 0 Å². The Bertz CT molecular complexity index is 764. The summed E-state index contributed by atoms with van der Waals surface area (Å²) in [6, 6.07) is 11.9. The molecule has 2 heterocycles. The largest absolute Gasteiger partial charge is 0.490 e. The Morgan fingerprint density at radius 2 is 2.11 bits per heavy atom. The summed E-state index contributed by atoms with van der Waals surface area (Å²) >= 11 is 0. The molecule has 1 aromatic carbocycles. The molecule has 6 heteroatoms. The van der Waals surface area contributed by atoms with Crippen LogP contribution in [0.1, 0.15) is 30.7 Å². The molecule has 1 saturated heterocycles. The highest BCUT2D eigenvalue weighted by Crippen LogP contribution is 2.49. The molecule has 2 aromatic rings. The molecule has 4 rings (SSSR count). The molecule has 0 bridgehead atoms. The molecule has 1 saturated carbocycles. The summed E-state index contributed by atoms with van der Waals surface area (Å²) in [6.45, 7) is 2.21. The smallest absolute Gasteiger partial charge is 0.411 e. The fourth-order valence-corrected chi connectivity index (χ4v) is 3.36. The lowest BCUT2D eigenvalue weighted by molar-refractivity contribution is 0.158. The molecule has 2 N–H and O–H groups in total. The van der Waals surface area contributed by atoms with Crippen LogP contribution in [-0.2, 0) is 4.74 Å². The van der Waals surface area contributed by atoms with Gasteiger partial charge in [-0.25, -0.2) is 4.79 Å². The number of pyridine rings is 1. The zero-order valence-corrected chi connectivity index (χ0v) is 15.3. The number of nitrogens with zero attached hydrogens (tertiary/aromatic N) is 1. The molecule has 0 spiro atoms. The van der Waals surface area contributed by atoms with Gasteiger partial charge in [0.05, 0.1) is 12.8 Å². The van der Waals surface area contributed by atoms with Crippen molar-refractivity contribution in [2.75, 3.05) is 25.1 Å². The predicted octanol–water partition coefficient (Wildman–Crippen LogP) is 3.56. The highest BCUT2D eigenvalue weighted by molar-refractivity contribution is 5.84. The van der Waals surface area contributed by atoms with Crippen LogP contribution in [0.4, 0.5) is 10.5 Å². The zero-order chi connectivity index (χ0) is 18.5. The molecule has 1 aromatic heterocycles. The Kier molecular flexibility index (Phi) is 5.53. The molecule has 0 unspecified atom stereocenters. The third-order valence-corrected chi connectivity index (χ3v) is 5.20. The van der Waals surface area contributed by atoms with Gasteiger partial charge >= 0.3 is 6.09 Å². The minimum absolute atomic E-state index is 0.403. The van der Waals surface area contributed by atoms with Crippen LogP contribution >= 0.6 is 0 Å². The van der Waals surface area contributed by atoms with Crippen molar-refractivity contribution in [3.05, 3.63) is 54.4 Å². The highest BCUT2D eigenvalue weighted by atomic mass is 16.5. The second-order valence-corrected chi connectivity index (χ2v) is 7.22. The standard InChI is InChI=1S/C21H25N3O3/c25-21(24-17-4-2-1-3-5-17)26-9-7-15-11-20(15)16-10-19(13-22-12-16)27-14-18-6-8-23-18/h1-5,10,12-13,15,18,20,23H,6-9,11,14H2,(H,24,25)/t15-,18-,20-/m0/s1. The maximum absolute atomic E-state index is 11.8. The van der Waals surface area contributed by atoms with E-state index < -0.39 is 6.09 Å². The number of para-hydroxylation sites is 1. The number of anilines is 1. The molecule has 6 nitrogen and oxygen atoms in total. The predicted molar refractivity (Wildman–Crippen MR) is 103 cm³/mol. The maximum Gasteiger partial charge on any atom is 0.411 e. The fraction of sp³-hybridized carbons (Fsp3) is 0.429. The van der Waals surface area contributed by atoms with Gasteiger partial charge in [-0.3, -0.25) is 10.3 Å². The lowest BCUT2D eigenvalue weighted by atomic mass is 10.1. The molecule has 2 fully saturated rings. The topological polar surface area (TPSA) is 72.5 Å². The van der Waals surface area contributed by atoms with Crippen molar-refractivity contribution in [3.63, 3.8) is 0 Å². The van der Waals surface area contributed by atoms with Crippen molar-refractivity contribution in [3.8, 4) is 5.75 Å². The first-order valence-corrected chi connectivity index (χ1v) is 9.58. The quantitative estimate of drug-likeness (QED) is 0.746. The van der Waals surface area contributed by atoms with Crippen LogP contribution in [0.2, 0.25) is 0 Å². The van der Waals surface area contributed by atoms with E-state index in [1.165, 1.54) is 12.0 Å². The summed E-state index contributed by atoms with van der Waals surface area (Å²) in [5, 5.41) is 6.05. The van der Waals surface area contributed by atoms with Crippen LogP contribution in [-0.4, -0.2) is 36.9 Å². The van der Waals surface area contributed by atoms with E-state index >= 15 is 0 Å². The first-order valence-electron chi connectivity index (χ1n) is 9.58. The molecule has 0 radical (unpaired) electrons. The van der Waals surface area contributed by atoms with E-state index in [2.05, 4.69) is 21.7 Å². The van der Waals surface area contributed by atoms with Crippen LogP contribution in [0.25, 0.3) is 0 Å². The summed E-state index contributed by atoms with van der Waals surface area (Å²) in [7, 11) is 0. The SMILES string of the molecule is O=C(Nc1ccccc1)OCC[C@H]1C[C@@H]1c1cncc(OC[C@@H]2CCN2)c1. The Morgan fingerprint density at radius 1 is 1.26 bits per heavy atom. The van der Waals surface area contributed by atoms with Crippen LogP contribution in [0, 0.1) is 5.92 Å². The average molecular weight is 367 g/mol. The molecular formula is C21H25N3O3. The van der Waals surface area contributed by atoms with E-state index in [0.717, 1.165) is 30.8 Å². The number of rotatable bonds is 8. The van der Waals surface area contributed by atoms with Crippen LogP contribution in [0.5, 0.6) is 5.75 Å². The van der Waals surface area contributed by atoms with Gasteiger partial charge in [0.1, 0.15) is 12.4 Å². The van der Waals surface area contributed by atoms with Crippen molar-refractivity contribution in [2.24, 2.45) is 5.92 Å². The van der Waals surface area contributed by atoms with Crippen LogP contribution < -0.4 is 15.4 Å². The number of hydrogen-bond donors (Lipinski definition) is 2. The summed E-state index contributed by atoms with van der Waals surface area (Å²) in [5.41, 5.74) is 1.96. The number of ether oxygens (including phenoxy) is 2. The van der Waals surface area contributed by atoms with E-state index in [1.807, 2.05) is 36.5 Å². The Morgan fingerprint density at radius 3 is 2.89 bits per heavy atom. The van der Waals surface area contributed by atoms with E-state index in [-0.39, 0.29) is 0 Å². The van der Waals surface area contributed by atoms with E-state index in [0.29, 0.717) is 31.1 Å². The Hall–Kier alpha value is -2.60. The maximum atomic E-state index is 11.8. The van der Waals surface area contributed by atoms with Gasteiger partial charge in [-0.1, -0.05) is 18.2 Å². The van der Waals surface area contributed by atoms with E-state index in [1.54, 1.807) is 6.20 Å². The number of benzene rings is 1. The molecule has 1 aliphatic carbocycles. The second kappa shape index (κ2) is 8.39. The summed E-state index contributed by atoms with van der Waals surface area (Å²) < 4.78 is 11.1. The number of amides is 1. The van der Waals surface area contributed by atoms with Crippen LogP contribution in [0.15, 0.2) is 48.8 Å². The lowest BCUT2D eigenvalue weighted by Crippen LogP contribution is -2.46. The third-order valence-electron chi connectivity index (χ3n) is 5.20. The van der Waals surface area contributed by atoms with Crippen molar-refractivity contribution in [1.82, 2.24) is 10.3 Å². The summed E-state index contributed by atoms with van der Waals surface area (Å²) in [4.78, 5) is 16.1. The number of carbonyl (C=O) groups is 1. The number of carbonyl (C=O) groups excluding carboxylic acids is 1.